The van der Waals surface area contributed by atoms with Crippen LogP contribution in [0.1, 0.15) is 57.8 Å². The van der Waals surface area contributed by atoms with Crippen LogP contribution in [0.2, 0.25) is 0 Å². The Bertz CT molecular complexity index is 384. The first-order valence-corrected chi connectivity index (χ1v) is 8.23. The van der Waals surface area contributed by atoms with Gasteiger partial charge >= 0.3 is 0 Å². The van der Waals surface area contributed by atoms with Gasteiger partial charge in [-0.15, -0.1) is 0 Å². The van der Waals surface area contributed by atoms with Crippen molar-refractivity contribution in [1.82, 2.24) is 9.80 Å². The van der Waals surface area contributed by atoms with E-state index in [9.17, 15) is 9.59 Å². The normalized spacial score (nSPS) is 28.6. The molecule has 0 spiro atoms. The molecule has 20 heavy (non-hydrogen) atoms. The minimum absolute atomic E-state index is 0.0867. The van der Waals surface area contributed by atoms with Crippen LogP contribution in [0.5, 0.6) is 0 Å². The summed E-state index contributed by atoms with van der Waals surface area (Å²) in [5, 5.41) is 0. The van der Waals surface area contributed by atoms with Crippen LogP contribution in [0.15, 0.2) is 0 Å². The summed E-state index contributed by atoms with van der Waals surface area (Å²) >= 11 is 0. The lowest BCUT2D eigenvalue weighted by Gasteiger charge is -2.29. The highest BCUT2D eigenvalue weighted by atomic mass is 16.2. The molecule has 3 fully saturated rings. The molecule has 1 aliphatic heterocycles. The highest BCUT2D eigenvalue weighted by Crippen LogP contribution is 2.33. The topological polar surface area (TPSA) is 40.6 Å². The highest BCUT2D eigenvalue weighted by molar-refractivity contribution is 5.89. The van der Waals surface area contributed by atoms with Crippen molar-refractivity contribution in [1.29, 1.82) is 0 Å². The van der Waals surface area contributed by atoms with E-state index in [2.05, 4.69) is 0 Å². The molecule has 0 aromatic rings. The molecule has 2 saturated carbocycles. The summed E-state index contributed by atoms with van der Waals surface area (Å²) in [6.07, 6.45) is 10.0. The van der Waals surface area contributed by atoms with Crippen molar-refractivity contribution < 1.29 is 9.59 Å². The summed E-state index contributed by atoms with van der Waals surface area (Å²) in [5.74, 6) is 0.310. The Labute approximate surface area is 121 Å². The predicted molar refractivity (Wildman–Crippen MR) is 77.1 cm³/mol. The number of amides is 2. The van der Waals surface area contributed by atoms with E-state index in [0.717, 1.165) is 25.7 Å². The Balaban J connectivity index is 1.58. The van der Waals surface area contributed by atoms with Crippen molar-refractivity contribution in [3.8, 4) is 0 Å². The molecule has 0 aromatic carbocycles. The molecule has 112 valence electrons. The average Bonchev–Trinajstić information content (AvgIpc) is 3.24. The second-order valence-corrected chi connectivity index (χ2v) is 6.77. The van der Waals surface area contributed by atoms with Crippen LogP contribution in [0.4, 0.5) is 0 Å². The van der Waals surface area contributed by atoms with Crippen molar-refractivity contribution in [2.24, 2.45) is 5.92 Å². The minimum Gasteiger partial charge on any atom is -0.342 e. The monoisotopic (exact) mass is 278 g/mol. The lowest BCUT2D eigenvalue weighted by molar-refractivity contribution is -0.136. The number of carbonyl (C=O) groups is 2. The van der Waals surface area contributed by atoms with Gasteiger partial charge < -0.3 is 9.80 Å². The first-order valence-electron chi connectivity index (χ1n) is 8.23. The molecule has 3 rings (SSSR count). The fourth-order valence-corrected chi connectivity index (χ4v) is 3.75. The molecule has 0 N–H and O–H groups in total. The lowest BCUT2D eigenvalue weighted by Crippen LogP contribution is -2.41. The molecule has 0 aromatic heterocycles. The number of carbonyl (C=O) groups excluding carboxylic acids is 2. The van der Waals surface area contributed by atoms with E-state index < -0.39 is 0 Å². The zero-order chi connectivity index (χ0) is 14.1. The summed E-state index contributed by atoms with van der Waals surface area (Å²) in [7, 11) is 1.95. The first kappa shape index (κ1) is 13.9. The van der Waals surface area contributed by atoms with Crippen LogP contribution in [-0.2, 0) is 9.59 Å². The van der Waals surface area contributed by atoms with Gasteiger partial charge in [0.2, 0.25) is 11.8 Å². The Morgan fingerprint density at radius 3 is 2.35 bits per heavy atom. The number of rotatable bonds is 3. The third-order valence-corrected chi connectivity index (χ3v) is 5.22. The summed E-state index contributed by atoms with van der Waals surface area (Å²) in [6.45, 7) is 0.666. The third kappa shape index (κ3) is 2.84. The maximum absolute atomic E-state index is 12.6. The smallest absolute Gasteiger partial charge is 0.227 e. The summed E-state index contributed by atoms with van der Waals surface area (Å²) in [6, 6.07) is 0.846. The Morgan fingerprint density at radius 1 is 1.10 bits per heavy atom. The summed E-state index contributed by atoms with van der Waals surface area (Å²) in [4.78, 5) is 28.5. The second-order valence-electron chi connectivity index (χ2n) is 6.77. The van der Waals surface area contributed by atoms with Crippen LogP contribution in [-0.4, -0.2) is 47.3 Å². The standard InChI is InChI=1S/C16H26N2O2/c1-17(13-6-4-2-3-5-7-13)16(20)12-10-15(19)18(11-12)14-8-9-14/h12-14H,2-11H2,1H3. The fourth-order valence-electron chi connectivity index (χ4n) is 3.75. The van der Waals surface area contributed by atoms with Crippen LogP contribution < -0.4 is 0 Å². The Morgan fingerprint density at radius 2 is 1.75 bits per heavy atom. The maximum atomic E-state index is 12.6. The average molecular weight is 278 g/mol. The van der Waals surface area contributed by atoms with Crippen LogP contribution in [0, 0.1) is 5.92 Å². The van der Waals surface area contributed by atoms with Crippen molar-refractivity contribution in [3.05, 3.63) is 0 Å². The van der Waals surface area contributed by atoms with E-state index in [1.807, 2.05) is 16.8 Å². The van der Waals surface area contributed by atoms with E-state index in [4.69, 9.17) is 0 Å². The summed E-state index contributed by atoms with van der Waals surface area (Å²) < 4.78 is 0. The Hall–Kier alpha value is -1.06. The largest absolute Gasteiger partial charge is 0.342 e. The number of nitrogens with zero attached hydrogens (tertiary/aromatic N) is 2. The van der Waals surface area contributed by atoms with Gasteiger partial charge in [0.25, 0.3) is 0 Å². The third-order valence-electron chi connectivity index (χ3n) is 5.22. The number of hydrogen-bond acceptors (Lipinski definition) is 2. The number of hydrogen-bond donors (Lipinski definition) is 0. The van der Waals surface area contributed by atoms with Gasteiger partial charge in [-0.25, -0.2) is 0 Å². The van der Waals surface area contributed by atoms with E-state index in [1.165, 1.54) is 25.7 Å². The van der Waals surface area contributed by atoms with E-state index >= 15 is 0 Å². The van der Waals surface area contributed by atoms with Gasteiger partial charge in [-0.05, 0) is 25.7 Å². The van der Waals surface area contributed by atoms with Gasteiger partial charge in [0.05, 0.1) is 5.92 Å². The van der Waals surface area contributed by atoms with Crippen molar-refractivity contribution in [2.45, 2.75) is 69.9 Å². The van der Waals surface area contributed by atoms with Crippen molar-refractivity contribution in [2.75, 3.05) is 13.6 Å². The molecule has 4 heteroatoms. The zero-order valence-electron chi connectivity index (χ0n) is 12.5. The first-order chi connectivity index (χ1) is 9.66. The molecule has 1 saturated heterocycles. The molecule has 0 bridgehead atoms. The molecule has 4 nitrogen and oxygen atoms in total. The quantitative estimate of drug-likeness (QED) is 0.742. The summed E-state index contributed by atoms with van der Waals surface area (Å²) in [5.41, 5.74) is 0. The van der Waals surface area contributed by atoms with E-state index in [-0.39, 0.29) is 17.7 Å². The predicted octanol–water partition coefficient (Wildman–Crippen LogP) is 2.18. The van der Waals surface area contributed by atoms with Crippen LogP contribution >= 0.6 is 0 Å². The molecular weight excluding hydrogens is 252 g/mol. The SMILES string of the molecule is CN(C(=O)C1CC(=O)N(C2CC2)C1)C1CCCCCC1. The van der Waals surface area contributed by atoms with Gasteiger partial charge in [0, 0.05) is 32.1 Å². The highest BCUT2D eigenvalue weighted by Gasteiger charge is 2.43. The zero-order valence-corrected chi connectivity index (χ0v) is 12.5. The van der Waals surface area contributed by atoms with Gasteiger partial charge in [-0.3, -0.25) is 9.59 Å². The molecule has 0 radical (unpaired) electrons. The van der Waals surface area contributed by atoms with Gasteiger partial charge in [-0.1, -0.05) is 25.7 Å². The van der Waals surface area contributed by atoms with Crippen molar-refractivity contribution >= 4 is 11.8 Å². The lowest BCUT2D eigenvalue weighted by atomic mass is 10.0. The fraction of sp³-hybridized carbons (Fsp3) is 0.875. The molecule has 3 aliphatic rings. The minimum atomic E-state index is -0.0867. The van der Waals surface area contributed by atoms with Gasteiger partial charge in [-0.2, -0.15) is 0 Å². The molecule has 1 heterocycles. The molecular formula is C16H26N2O2. The number of likely N-dealkylation sites (tertiary alicyclic amines) is 1. The van der Waals surface area contributed by atoms with Crippen LogP contribution in [0.3, 0.4) is 0 Å². The Kier molecular flexibility index (Phi) is 3.99. The van der Waals surface area contributed by atoms with E-state index in [1.54, 1.807) is 0 Å². The van der Waals surface area contributed by atoms with Crippen LogP contribution in [0.25, 0.3) is 0 Å². The van der Waals surface area contributed by atoms with Gasteiger partial charge in [0.15, 0.2) is 0 Å². The molecule has 2 amide bonds. The van der Waals surface area contributed by atoms with E-state index in [0.29, 0.717) is 25.0 Å². The second kappa shape index (κ2) is 5.74. The molecule has 2 aliphatic carbocycles. The molecule has 1 atom stereocenters. The molecule has 1 unspecified atom stereocenters. The maximum Gasteiger partial charge on any atom is 0.227 e. The van der Waals surface area contributed by atoms with Gasteiger partial charge in [0.1, 0.15) is 0 Å². The van der Waals surface area contributed by atoms with Crippen molar-refractivity contribution in [3.63, 3.8) is 0 Å².